The van der Waals surface area contributed by atoms with Gasteiger partial charge in [-0.1, -0.05) is 0 Å². The third-order valence-corrected chi connectivity index (χ3v) is 7.09. The van der Waals surface area contributed by atoms with Gasteiger partial charge in [-0.15, -0.1) is 0 Å². The van der Waals surface area contributed by atoms with Crippen LogP contribution in [-0.4, -0.2) is 35.0 Å². The van der Waals surface area contributed by atoms with Gasteiger partial charge in [0.2, 0.25) is 5.91 Å². The number of hydrogen-bond acceptors (Lipinski definition) is 5. The van der Waals surface area contributed by atoms with E-state index >= 15 is 0 Å². The molecule has 2 unspecified atom stereocenters. The first-order valence-corrected chi connectivity index (χ1v) is 10.2. The van der Waals surface area contributed by atoms with Crippen LogP contribution in [0.4, 0.5) is 5.69 Å². The summed E-state index contributed by atoms with van der Waals surface area (Å²) in [5, 5.41) is 13.5. The van der Waals surface area contributed by atoms with Crippen LogP contribution >= 0.6 is 0 Å². The van der Waals surface area contributed by atoms with Gasteiger partial charge in [0, 0.05) is 11.3 Å². The quantitative estimate of drug-likeness (QED) is 0.602. The number of carbonyl (C=O) groups excluding carboxylic acids is 3. The molecule has 0 spiro atoms. The molecule has 0 saturated heterocycles. The summed E-state index contributed by atoms with van der Waals surface area (Å²) < 4.78 is 5.32. The molecule has 4 fully saturated rings. The van der Waals surface area contributed by atoms with Crippen molar-refractivity contribution >= 4 is 23.3 Å². The van der Waals surface area contributed by atoms with Crippen LogP contribution in [-0.2, 0) is 20.7 Å². The normalized spacial score (nSPS) is 34.8. The smallest absolute Gasteiger partial charge is 0.306 e. The van der Waals surface area contributed by atoms with Gasteiger partial charge in [0.25, 0.3) is 0 Å². The molecule has 4 aliphatic carbocycles. The third-order valence-electron chi connectivity index (χ3n) is 7.09. The molecular formula is C22H25NO5. The topological polar surface area (TPSA) is 92.7 Å². The van der Waals surface area contributed by atoms with E-state index in [9.17, 15) is 19.5 Å². The van der Waals surface area contributed by atoms with Gasteiger partial charge < -0.3 is 15.2 Å². The van der Waals surface area contributed by atoms with E-state index < -0.39 is 5.60 Å². The Morgan fingerprint density at radius 3 is 2.64 bits per heavy atom. The van der Waals surface area contributed by atoms with Crippen molar-refractivity contribution < 1.29 is 24.2 Å². The van der Waals surface area contributed by atoms with E-state index in [1.807, 2.05) is 0 Å². The lowest BCUT2D eigenvalue weighted by Crippen LogP contribution is -2.56. The Morgan fingerprint density at radius 1 is 1.18 bits per heavy atom. The zero-order valence-corrected chi connectivity index (χ0v) is 15.8. The summed E-state index contributed by atoms with van der Waals surface area (Å²) in [6.07, 6.45) is 6.13. The van der Waals surface area contributed by atoms with E-state index in [-0.39, 0.29) is 42.5 Å². The van der Waals surface area contributed by atoms with E-state index in [4.69, 9.17) is 4.74 Å². The van der Waals surface area contributed by atoms with E-state index in [0.29, 0.717) is 23.8 Å². The minimum atomic E-state index is -0.601. The van der Waals surface area contributed by atoms with Gasteiger partial charge in [-0.2, -0.15) is 0 Å². The van der Waals surface area contributed by atoms with Crippen molar-refractivity contribution in [2.45, 2.75) is 57.0 Å². The summed E-state index contributed by atoms with van der Waals surface area (Å²) in [4.78, 5) is 36.3. The Morgan fingerprint density at radius 2 is 1.93 bits per heavy atom. The number of ketones is 1. The van der Waals surface area contributed by atoms with Gasteiger partial charge in [-0.3, -0.25) is 14.4 Å². The average molecular weight is 383 g/mol. The number of rotatable bonds is 5. The number of anilines is 1. The highest BCUT2D eigenvalue weighted by molar-refractivity contribution is 6.02. The lowest BCUT2D eigenvalue weighted by molar-refractivity contribution is -0.176. The fraction of sp³-hybridized carbons (Fsp3) is 0.591. The molecule has 1 aromatic rings. The Bertz CT molecular complexity index is 862. The fourth-order valence-electron chi connectivity index (χ4n) is 6.60. The van der Waals surface area contributed by atoms with E-state index in [1.165, 1.54) is 6.42 Å². The molecule has 0 radical (unpaired) electrons. The zero-order chi connectivity index (χ0) is 19.5. The molecule has 6 heteroatoms. The predicted octanol–water partition coefficient (Wildman–Crippen LogP) is 2.63. The molecule has 0 aromatic heterocycles. The molecule has 1 amide bonds. The Balaban J connectivity index is 1.20. The van der Waals surface area contributed by atoms with Gasteiger partial charge in [0.1, 0.15) is 0 Å². The van der Waals surface area contributed by atoms with Gasteiger partial charge in [0.05, 0.1) is 18.4 Å². The number of benzene rings is 1. The van der Waals surface area contributed by atoms with E-state index in [2.05, 4.69) is 5.32 Å². The average Bonchev–Trinajstić information content (AvgIpc) is 2.96. The van der Waals surface area contributed by atoms with Gasteiger partial charge in [0.15, 0.2) is 12.4 Å². The number of ether oxygens (including phenoxy) is 1. The number of fused-ring (bicyclic) bond motifs is 1. The highest BCUT2D eigenvalue weighted by Crippen LogP contribution is 2.62. The van der Waals surface area contributed by atoms with Crippen molar-refractivity contribution in [2.75, 3.05) is 11.9 Å². The van der Waals surface area contributed by atoms with Crippen LogP contribution in [0.5, 0.6) is 0 Å². The van der Waals surface area contributed by atoms with Crippen molar-refractivity contribution in [1.82, 2.24) is 0 Å². The standard InChI is InChI=1S/C22H25NO5/c24-18(15-1-2-17-16(4-15)5-19(25)23-17)11-28-20(26)10-21-6-13-3-14(7-21)9-22(27,8-13)12-21/h1-2,4,13-14,27H,3,5-12H2,(H,23,25)/t13-,14+,21?,22?. The molecule has 6 rings (SSSR count). The monoisotopic (exact) mass is 383 g/mol. The maximum absolute atomic E-state index is 12.5. The minimum absolute atomic E-state index is 0.0803. The predicted molar refractivity (Wildman–Crippen MR) is 101 cm³/mol. The number of aliphatic hydroxyl groups is 1. The van der Waals surface area contributed by atoms with Gasteiger partial charge in [-0.25, -0.2) is 0 Å². The Kier molecular flexibility index (Phi) is 3.92. The van der Waals surface area contributed by atoms with Crippen LogP contribution in [0.3, 0.4) is 0 Å². The maximum atomic E-state index is 12.5. The third kappa shape index (κ3) is 3.13. The van der Waals surface area contributed by atoms with E-state index in [0.717, 1.165) is 36.9 Å². The summed E-state index contributed by atoms with van der Waals surface area (Å²) in [5.74, 6) is 0.339. The van der Waals surface area contributed by atoms with Crippen LogP contribution in [0.15, 0.2) is 18.2 Å². The highest BCUT2D eigenvalue weighted by atomic mass is 16.5. The first-order valence-electron chi connectivity index (χ1n) is 10.2. The first kappa shape index (κ1) is 17.9. The van der Waals surface area contributed by atoms with Crippen LogP contribution < -0.4 is 5.32 Å². The summed E-state index contributed by atoms with van der Waals surface area (Å²) in [6.45, 7) is -0.286. The van der Waals surface area contributed by atoms with Crippen LogP contribution in [0.1, 0.15) is 60.9 Å². The van der Waals surface area contributed by atoms with Crippen LogP contribution in [0.2, 0.25) is 0 Å². The molecule has 148 valence electrons. The molecule has 1 aliphatic heterocycles. The van der Waals surface area contributed by atoms with Crippen molar-refractivity contribution in [3.8, 4) is 0 Å². The van der Waals surface area contributed by atoms with Crippen LogP contribution in [0.25, 0.3) is 0 Å². The molecule has 4 atom stereocenters. The second kappa shape index (κ2) is 6.14. The molecule has 5 aliphatic rings. The number of carbonyl (C=O) groups is 3. The number of Topliss-reactive ketones (excluding diaryl/α,β-unsaturated/α-hetero) is 1. The summed E-state index contributed by atoms with van der Waals surface area (Å²) in [5.41, 5.74) is 1.23. The Labute approximate surface area is 163 Å². The molecule has 1 aromatic carbocycles. The molecule has 28 heavy (non-hydrogen) atoms. The number of hydrogen-bond donors (Lipinski definition) is 2. The van der Waals surface area contributed by atoms with Crippen molar-refractivity contribution in [1.29, 1.82) is 0 Å². The minimum Gasteiger partial charge on any atom is -0.457 e. The first-order chi connectivity index (χ1) is 13.3. The summed E-state index contributed by atoms with van der Waals surface area (Å²) in [7, 11) is 0. The molecule has 1 heterocycles. The number of esters is 1. The molecule has 4 bridgehead atoms. The van der Waals surface area contributed by atoms with E-state index in [1.54, 1.807) is 18.2 Å². The van der Waals surface area contributed by atoms with Crippen molar-refractivity contribution in [2.24, 2.45) is 17.3 Å². The lowest BCUT2D eigenvalue weighted by atomic mass is 9.47. The SMILES string of the molecule is O=C1Cc2cc(C(=O)COC(=O)CC34C[C@@H]5C[C@@H](CC(O)(C5)C3)C4)ccc2N1. The molecular weight excluding hydrogens is 358 g/mol. The fourth-order valence-corrected chi connectivity index (χ4v) is 6.60. The summed E-state index contributed by atoms with van der Waals surface area (Å²) >= 11 is 0. The van der Waals surface area contributed by atoms with Crippen LogP contribution in [0, 0.1) is 17.3 Å². The molecule has 2 N–H and O–H groups in total. The summed E-state index contributed by atoms with van der Waals surface area (Å²) in [6, 6.07) is 5.05. The van der Waals surface area contributed by atoms with Crippen molar-refractivity contribution in [3.63, 3.8) is 0 Å². The number of amides is 1. The Hall–Kier alpha value is -2.21. The van der Waals surface area contributed by atoms with Gasteiger partial charge >= 0.3 is 5.97 Å². The molecule has 4 saturated carbocycles. The lowest BCUT2D eigenvalue weighted by Gasteiger charge is -2.60. The second-order valence-corrected chi connectivity index (χ2v) is 9.54. The number of nitrogens with one attached hydrogen (secondary N) is 1. The molecule has 6 nitrogen and oxygen atoms in total. The maximum Gasteiger partial charge on any atom is 0.306 e. The highest BCUT2D eigenvalue weighted by Gasteiger charge is 2.57. The largest absolute Gasteiger partial charge is 0.457 e. The zero-order valence-electron chi connectivity index (χ0n) is 15.8. The second-order valence-electron chi connectivity index (χ2n) is 9.54. The van der Waals surface area contributed by atoms with Gasteiger partial charge in [-0.05, 0) is 79.5 Å². The van der Waals surface area contributed by atoms with Crippen molar-refractivity contribution in [3.05, 3.63) is 29.3 Å².